The summed E-state index contributed by atoms with van der Waals surface area (Å²) in [6.07, 6.45) is 3.84. The van der Waals surface area contributed by atoms with E-state index in [1.54, 1.807) is 6.92 Å². The van der Waals surface area contributed by atoms with Gasteiger partial charge in [-0.15, -0.1) is 10.2 Å². The number of aryl methyl sites for hydroxylation is 1. The van der Waals surface area contributed by atoms with E-state index in [0.717, 1.165) is 32.2 Å². The summed E-state index contributed by atoms with van der Waals surface area (Å²) < 4.78 is 28.0. The van der Waals surface area contributed by atoms with Gasteiger partial charge < -0.3 is 9.73 Å². The molecule has 1 aromatic rings. The van der Waals surface area contributed by atoms with Gasteiger partial charge in [-0.2, -0.15) is 0 Å². The third-order valence-corrected chi connectivity index (χ3v) is 4.13. The van der Waals surface area contributed by atoms with Gasteiger partial charge in [0.15, 0.2) is 9.84 Å². The molecule has 0 aliphatic rings. The zero-order chi connectivity index (χ0) is 13.6. The quantitative estimate of drug-likeness (QED) is 0.715. The van der Waals surface area contributed by atoms with Crippen LogP contribution < -0.4 is 5.32 Å². The molecule has 0 bridgehead atoms. The number of nitrogens with one attached hydrogen (secondary N) is 1. The van der Waals surface area contributed by atoms with Gasteiger partial charge in [-0.3, -0.25) is 0 Å². The Balaban J connectivity index is 2.44. The van der Waals surface area contributed by atoms with Crippen molar-refractivity contribution in [2.75, 3.05) is 19.3 Å². The lowest BCUT2D eigenvalue weighted by molar-refractivity contribution is 0.438. The summed E-state index contributed by atoms with van der Waals surface area (Å²) in [7, 11) is -3.18. The summed E-state index contributed by atoms with van der Waals surface area (Å²) in [6.45, 7) is 5.56. The van der Waals surface area contributed by atoms with E-state index in [1.807, 2.05) is 0 Å². The number of hydrogen-bond donors (Lipinski definition) is 1. The highest BCUT2D eigenvalue weighted by Gasteiger charge is 2.23. The number of aromatic nitrogens is 2. The van der Waals surface area contributed by atoms with E-state index < -0.39 is 15.1 Å². The molecule has 18 heavy (non-hydrogen) atoms. The molecule has 7 heteroatoms. The van der Waals surface area contributed by atoms with Crippen molar-refractivity contribution < 1.29 is 12.8 Å². The Bertz CT molecular complexity index is 456. The lowest BCUT2D eigenvalue weighted by Gasteiger charge is -2.02. The van der Waals surface area contributed by atoms with Gasteiger partial charge in [0.1, 0.15) is 5.25 Å². The minimum Gasteiger partial charge on any atom is -0.424 e. The third-order valence-electron chi connectivity index (χ3n) is 2.64. The van der Waals surface area contributed by atoms with Gasteiger partial charge in [-0.1, -0.05) is 6.92 Å². The van der Waals surface area contributed by atoms with E-state index in [-0.39, 0.29) is 5.89 Å². The van der Waals surface area contributed by atoms with E-state index in [4.69, 9.17) is 4.42 Å². The summed E-state index contributed by atoms with van der Waals surface area (Å²) in [5, 5.41) is 10.2. The second kappa shape index (κ2) is 6.84. The predicted octanol–water partition coefficient (Wildman–Crippen LogP) is 1.11. The molecule has 0 fully saturated rings. The van der Waals surface area contributed by atoms with Crippen LogP contribution in [0.1, 0.15) is 43.7 Å². The van der Waals surface area contributed by atoms with Crippen molar-refractivity contribution in [3.63, 3.8) is 0 Å². The second-order valence-corrected chi connectivity index (χ2v) is 6.73. The molecule has 6 nitrogen and oxygen atoms in total. The monoisotopic (exact) mass is 275 g/mol. The molecular formula is C11H21N3O3S. The maximum absolute atomic E-state index is 11.3. The normalized spacial score (nSPS) is 13.7. The highest BCUT2D eigenvalue weighted by molar-refractivity contribution is 7.90. The van der Waals surface area contributed by atoms with Crippen LogP contribution in [-0.2, 0) is 16.3 Å². The van der Waals surface area contributed by atoms with Gasteiger partial charge in [0.2, 0.25) is 11.8 Å². The summed E-state index contributed by atoms with van der Waals surface area (Å²) in [5.41, 5.74) is 0. The number of hydrogen-bond acceptors (Lipinski definition) is 6. The molecule has 1 heterocycles. The van der Waals surface area contributed by atoms with Gasteiger partial charge in [0.05, 0.1) is 0 Å². The second-order valence-electron chi connectivity index (χ2n) is 4.36. The standard InChI is InChI=1S/C11H21N3O3S/c1-4-7-12-8-5-6-10-13-14-11(17-10)9(2)18(3,15)16/h9,12H,4-8H2,1-3H3. The topological polar surface area (TPSA) is 85.1 Å². The molecule has 104 valence electrons. The lowest BCUT2D eigenvalue weighted by Crippen LogP contribution is -2.16. The van der Waals surface area contributed by atoms with Gasteiger partial charge in [0.25, 0.3) is 0 Å². The first-order valence-corrected chi connectivity index (χ1v) is 8.12. The average molecular weight is 275 g/mol. The maximum atomic E-state index is 11.3. The molecule has 1 rings (SSSR count). The fourth-order valence-electron chi connectivity index (χ4n) is 1.38. The first-order chi connectivity index (χ1) is 8.45. The van der Waals surface area contributed by atoms with Crippen LogP contribution in [-0.4, -0.2) is 38.0 Å². The van der Waals surface area contributed by atoms with Crippen molar-refractivity contribution in [2.45, 2.75) is 38.4 Å². The van der Waals surface area contributed by atoms with Crippen LogP contribution in [0.5, 0.6) is 0 Å². The van der Waals surface area contributed by atoms with E-state index in [2.05, 4.69) is 22.4 Å². The molecule has 1 N–H and O–H groups in total. The molecule has 0 radical (unpaired) electrons. The summed E-state index contributed by atoms with van der Waals surface area (Å²) >= 11 is 0. The maximum Gasteiger partial charge on any atom is 0.234 e. The third kappa shape index (κ3) is 4.73. The number of rotatable bonds is 8. The van der Waals surface area contributed by atoms with Crippen LogP contribution in [0.25, 0.3) is 0 Å². The minimum absolute atomic E-state index is 0.175. The Labute approximate surface area is 108 Å². The van der Waals surface area contributed by atoms with Crippen molar-refractivity contribution >= 4 is 9.84 Å². The van der Waals surface area contributed by atoms with Gasteiger partial charge >= 0.3 is 0 Å². The molecule has 1 unspecified atom stereocenters. The van der Waals surface area contributed by atoms with Crippen molar-refractivity contribution in [3.8, 4) is 0 Å². The van der Waals surface area contributed by atoms with Gasteiger partial charge in [-0.05, 0) is 32.9 Å². The first-order valence-electron chi connectivity index (χ1n) is 6.17. The molecule has 1 atom stereocenters. The SMILES string of the molecule is CCCNCCCc1nnc(C(C)S(C)(=O)=O)o1. The molecular weight excluding hydrogens is 254 g/mol. The predicted molar refractivity (Wildman–Crippen MR) is 69.0 cm³/mol. The van der Waals surface area contributed by atoms with Crippen LogP contribution in [0.3, 0.4) is 0 Å². The highest BCUT2D eigenvalue weighted by atomic mass is 32.2. The number of sulfone groups is 1. The fourth-order valence-corrected chi connectivity index (χ4v) is 1.84. The molecule has 0 aliphatic carbocycles. The molecule has 1 aromatic heterocycles. The van der Waals surface area contributed by atoms with Crippen molar-refractivity contribution in [3.05, 3.63) is 11.8 Å². The van der Waals surface area contributed by atoms with Crippen molar-refractivity contribution in [1.29, 1.82) is 0 Å². The van der Waals surface area contributed by atoms with E-state index >= 15 is 0 Å². The van der Waals surface area contributed by atoms with Crippen LogP contribution >= 0.6 is 0 Å². The highest BCUT2D eigenvalue weighted by Crippen LogP contribution is 2.19. The van der Waals surface area contributed by atoms with E-state index in [9.17, 15) is 8.42 Å². The Morgan fingerprint density at radius 2 is 2.06 bits per heavy atom. The van der Waals surface area contributed by atoms with Crippen LogP contribution in [0.4, 0.5) is 0 Å². The first kappa shape index (κ1) is 15.1. The van der Waals surface area contributed by atoms with E-state index in [0.29, 0.717) is 12.3 Å². The van der Waals surface area contributed by atoms with Gasteiger partial charge in [0, 0.05) is 12.7 Å². The summed E-state index contributed by atoms with van der Waals surface area (Å²) in [6, 6.07) is 0. The number of nitrogens with zero attached hydrogens (tertiary/aromatic N) is 2. The molecule has 0 saturated carbocycles. The zero-order valence-corrected chi connectivity index (χ0v) is 12.0. The van der Waals surface area contributed by atoms with Gasteiger partial charge in [-0.25, -0.2) is 8.42 Å². The zero-order valence-electron chi connectivity index (χ0n) is 11.1. The Kier molecular flexibility index (Phi) is 5.74. The molecule has 0 aliphatic heterocycles. The minimum atomic E-state index is -3.18. The Morgan fingerprint density at radius 1 is 1.33 bits per heavy atom. The molecule has 0 amide bonds. The molecule has 0 saturated heterocycles. The van der Waals surface area contributed by atoms with Crippen molar-refractivity contribution in [2.24, 2.45) is 0 Å². The fraction of sp³-hybridized carbons (Fsp3) is 0.818. The average Bonchev–Trinajstić information content (AvgIpc) is 2.75. The smallest absolute Gasteiger partial charge is 0.234 e. The largest absolute Gasteiger partial charge is 0.424 e. The van der Waals surface area contributed by atoms with Crippen LogP contribution in [0, 0.1) is 0 Å². The molecule has 0 aromatic carbocycles. The Morgan fingerprint density at radius 3 is 2.67 bits per heavy atom. The lowest BCUT2D eigenvalue weighted by atomic mass is 10.3. The Hall–Kier alpha value is -0.950. The summed E-state index contributed by atoms with van der Waals surface area (Å²) in [4.78, 5) is 0. The van der Waals surface area contributed by atoms with Crippen molar-refractivity contribution in [1.82, 2.24) is 15.5 Å². The van der Waals surface area contributed by atoms with Crippen LogP contribution in [0.15, 0.2) is 4.42 Å². The van der Waals surface area contributed by atoms with E-state index in [1.165, 1.54) is 0 Å². The molecule has 0 spiro atoms. The van der Waals surface area contributed by atoms with Crippen LogP contribution in [0.2, 0.25) is 0 Å². The summed E-state index contributed by atoms with van der Waals surface area (Å²) in [5.74, 6) is 0.674.